The SMILES string of the molecule is C=CCOc1c(Cl)cc(/C=C2\C(=O)NC(=O)N(c3ccc(OCc4ccc(C)cc4)cc3)C2=O)cc1OCC. The average molecular weight is 547 g/mol. The maximum atomic E-state index is 13.3. The molecule has 200 valence electrons. The first-order valence-electron chi connectivity index (χ1n) is 12.2. The van der Waals surface area contributed by atoms with Crippen molar-refractivity contribution < 1.29 is 28.6 Å². The van der Waals surface area contributed by atoms with Crippen LogP contribution in [0.3, 0.4) is 0 Å². The molecule has 3 aromatic rings. The van der Waals surface area contributed by atoms with Crippen molar-refractivity contribution in [2.75, 3.05) is 18.1 Å². The minimum atomic E-state index is -0.850. The summed E-state index contributed by atoms with van der Waals surface area (Å²) in [6.45, 7) is 8.36. The number of imide groups is 2. The molecule has 9 heteroatoms. The Morgan fingerprint density at radius 2 is 1.69 bits per heavy atom. The molecule has 1 saturated heterocycles. The highest BCUT2D eigenvalue weighted by Crippen LogP contribution is 2.37. The van der Waals surface area contributed by atoms with Gasteiger partial charge >= 0.3 is 6.03 Å². The Labute approximate surface area is 231 Å². The first kappa shape index (κ1) is 27.5. The molecule has 0 unspecified atom stereocenters. The van der Waals surface area contributed by atoms with Crippen LogP contribution < -0.4 is 24.4 Å². The Morgan fingerprint density at radius 3 is 2.36 bits per heavy atom. The number of barbiturate groups is 1. The monoisotopic (exact) mass is 546 g/mol. The van der Waals surface area contributed by atoms with Gasteiger partial charge in [0.15, 0.2) is 11.5 Å². The molecule has 8 nitrogen and oxygen atoms in total. The van der Waals surface area contributed by atoms with Crippen molar-refractivity contribution in [3.63, 3.8) is 0 Å². The second-order valence-electron chi connectivity index (χ2n) is 8.59. The van der Waals surface area contributed by atoms with E-state index in [4.69, 9.17) is 25.8 Å². The molecule has 39 heavy (non-hydrogen) atoms. The number of hydrogen-bond donors (Lipinski definition) is 1. The van der Waals surface area contributed by atoms with Gasteiger partial charge in [-0.1, -0.05) is 54.1 Å². The minimum absolute atomic E-state index is 0.216. The number of benzene rings is 3. The molecule has 1 heterocycles. The molecule has 1 fully saturated rings. The fourth-order valence-corrected chi connectivity index (χ4v) is 4.09. The molecular formula is C30H27ClN2O6. The van der Waals surface area contributed by atoms with Gasteiger partial charge in [0, 0.05) is 0 Å². The molecular weight excluding hydrogens is 520 g/mol. The highest BCUT2D eigenvalue weighted by molar-refractivity contribution is 6.39. The normalized spacial score (nSPS) is 14.3. The van der Waals surface area contributed by atoms with Crippen LogP contribution >= 0.6 is 11.6 Å². The van der Waals surface area contributed by atoms with Crippen molar-refractivity contribution in [1.29, 1.82) is 0 Å². The molecule has 4 amide bonds. The van der Waals surface area contributed by atoms with Crippen molar-refractivity contribution >= 4 is 41.2 Å². The molecule has 0 radical (unpaired) electrons. The van der Waals surface area contributed by atoms with E-state index in [9.17, 15) is 14.4 Å². The zero-order valence-electron chi connectivity index (χ0n) is 21.5. The van der Waals surface area contributed by atoms with Gasteiger partial charge in [0.2, 0.25) is 0 Å². The van der Waals surface area contributed by atoms with E-state index in [1.54, 1.807) is 43.3 Å². The third kappa shape index (κ3) is 6.48. The maximum Gasteiger partial charge on any atom is 0.335 e. The van der Waals surface area contributed by atoms with Crippen LogP contribution in [0, 0.1) is 6.92 Å². The van der Waals surface area contributed by atoms with Gasteiger partial charge in [-0.05, 0) is 67.4 Å². The highest BCUT2D eigenvalue weighted by atomic mass is 35.5. The molecule has 0 aromatic heterocycles. The lowest BCUT2D eigenvalue weighted by Crippen LogP contribution is -2.54. The van der Waals surface area contributed by atoms with Crippen LogP contribution in [0.1, 0.15) is 23.6 Å². The molecule has 0 atom stereocenters. The second-order valence-corrected chi connectivity index (χ2v) is 9.00. The van der Waals surface area contributed by atoms with Crippen LogP contribution in [0.2, 0.25) is 5.02 Å². The van der Waals surface area contributed by atoms with Gasteiger partial charge in [0.05, 0.1) is 17.3 Å². The van der Waals surface area contributed by atoms with Crippen molar-refractivity contribution in [2.45, 2.75) is 20.5 Å². The summed E-state index contributed by atoms with van der Waals surface area (Å²) in [5, 5.41) is 2.44. The largest absolute Gasteiger partial charge is 0.490 e. The average Bonchev–Trinajstić information content (AvgIpc) is 2.91. The summed E-state index contributed by atoms with van der Waals surface area (Å²) in [5.41, 5.74) is 2.62. The lowest BCUT2D eigenvalue weighted by molar-refractivity contribution is -0.122. The quantitative estimate of drug-likeness (QED) is 0.194. The lowest BCUT2D eigenvalue weighted by atomic mass is 10.1. The van der Waals surface area contributed by atoms with Crippen LogP contribution in [-0.2, 0) is 16.2 Å². The minimum Gasteiger partial charge on any atom is -0.490 e. The number of carbonyl (C=O) groups is 3. The molecule has 0 bridgehead atoms. The third-order valence-electron chi connectivity index (χ3n) is 5.71. The zero-order valence-corrected chi connectivity index (χ0v) is 22.3. The molecule has 1 aliphatic heterocycles. The molecule has 1 aliphatic rings. The van der Waals surface area contributed by atoms with Crippen LogP contribution in [0.15, 0.2) is 78.9 Å². The highest BCUT2D eigenvalue weighted by Gasteiger charge is 2.37. The number of amides is 4. The molecule has 0 saturated carbocycles. The summed E-state index contributed by atoms with van der Waals surface area (Å²) in [4.78, 5) is 39.5. The van der Waals surface area contributed by atoms with E-state index in [1.807, 2.05) is 31.2 Å². The smallest absolute Gasteiger partial charge is 0.335 e. The first-order chi connectivity index (χ1) is 18.8. The zero-order chi connectivity index (χ0) is 27.9. The summed E-state index contributed by atoms with van der Waals surface area (Å²) in [5.74, 6) is -0.371. The molecule has 0 aliphatic carbocycles. The molecule has 3 aromatic carbocycles. The summed E-state index contributed by atoms with van der Waals surface area (Å²) < 4.78 is 17.0. The van der Waals surface area contributed by atoms with E-state index in [2.05, 4.69) is 11.9 Å². The first-order valence-corrected chi connectivity index (χ1v) is 12.6. The van der Waals surface area contributed by atoms with Crippen LogP contribution in [0.4, 0.5) is 10.5 Å². The molecule has 0 spiro atoms. The van der Waals surface area contributed by atoms with E-state index >= 15 is 0 Å². The van der Waals surface area contributed by atoms with Crippen LogP contribution in [0.5, 0.6) is 17.2 Å². The van der Waals surface area contributed by atoms with Crippen LogP contribution in [0.25, 0.3) is 6.08 Å². The number of urea groups is 1. The lowest BCUT2D eigenvalue weighted by Gasteiger charge is -2.26. The number of rotatable bonds is 10. The fourth-order valence-electron chi connectivity index (χ4n) is 3.82. The van der Waals surface area contributed by atoms with Crippen molar-refractivity contribution in [3.05, 3.63) is 101 Å². The number of halogens is 1. The third-order valence-corrected chi connectivity index (χ3v) is 5.99. The molecule has 1 N–H and O–H groups in total. The topological polar surface area (TPSA) is 94.2 Å². The Balaban J connectivity index is 1.56. The van der Waals surface area contributed by atoms with Gasteiger partial charge in [0.1, 0.15) is 24.5 Å². The van der Waals surface area contributed by atoms with Gasteiger partial charge in [-0.2, -0.15) is 0 Å². The Hall–Kier alpha value is -4.56. The van der Waals surface area contributed by atoms with E-state index in [0.29, 0.717) is 36.0 Å². The van der Waals surface area contributed by atoms with Crippen molar-refractivity contribution in [2.24, 2.45) is 0 Å². The van der Waals surface area contributed by atoms with E-state index < -0.39 is 17.8 Å². The van der Waals surface area contributed by atoms with E-state index in [0.717, 1.165) is 16.0 Å². The second kappa shape index (κ2) is 12.3. The number of aryl methyl sites for hydroxylation is 1. The number of nitrogens with zero attached hydrogens (tertiary/aromatic N) is 1. The molecule has 4 rings (SSSR count). The summed E-state index contributed by atoms with van der Waals surface area (Å²) >= 11 is 6.40. The number of nitrogens with one attached hydrogen (secondary N) is 1. The summed E-state index contributed by atoms with van der Waals surface area (Å²) in [6, 6.07) is 16.7. The summed E-state index contributed by atoms with van der Waals surface area (Å²) in [6.07, 6.45) is 2.92. The summed E-state index contributed by atoms with van der Waals surface area (Å²) in [7, 11) is 0. The van der Waals surface area contributed by atoms with Gasteiger partial charge in [0.25, 0.3) is 11.8 Å². The Morgan fingerprint density at radius 1 is 0.974 bits per heavy atom. The van der Waals surface area contributed by atoms with Crippen LogP contribution in [-0.4, -0.2) is 31.1 Å². The predicted molar refractivity (Wildman–Crippen MR) is 149 cm³/mol. The van der Waals surface area contributed by atoms with E-state index in [1.165, 1.54) is 12.1 Å². The van der Waals surface area contributed by atoms with Gasteiger partial charge < -0.3 is 14.2 Å². The van der Waals surface area contributed by atoms with Gasteiger partial charge in [-0.15, -0.1) is 0 Å². The van der Waals surface area contributed by atoms with E-state index in [-0.39, 0.29) is 22.9 Å². The number of anilines is 1. The predicted octanol–water partition coefficient (Wildman–Crippen LogP) is 5.86. The Bertz CT molecular complexity index is 1430. The number of carbonyl (C=O) groups excluding carboxylic acids is 3. The number of hydrogen-bond acceptors (Lipinski definition) is 6. The Kier molecular flexibility index (Phi) is 8.68. The van der Waals surface area contributed by atoms with Gasteiger partial charge in [-0.3, -0.25) is 14.9 Å². The van der Waals surface area contributed by atoms with Gasteiger partial charge in [-0.25, -0.2) is 9.69 Å². The fraction of sp³-hybridized carbons (Fsp3) is 0.167. The van der Waals surface area contributed by atoms with Crippen molar-refractivity contribution in [3.8, 4) is 17.2 Å². The standard InChI is InChI=1S/C30H27ClN2O6/c1-4-14-38-27-25(31)16-21(17-26(27)37-5-2)15-24-28(34)32-30(36)33(29(24)35)22-10-12-23(13-11-22)39-18-20-8-6-19(3)7-9-20/h4,6-13,15-17H,1,5,14,18H2,2-3H3,(H,32,34,36)/b24-15+. The van der Waals surface area contributed by atoms with Crippen molar-refractivity contribution in [1.82, 2.24) is 5.32 Å². The number of ether oxygens (including phenoxy) is 3. The maximum absolute atomic E-state index is 13.3.